The van der Waals surface area contributed by atoms with Crippen molar-refractivity contribution in [3.63, 3.8) is 0 Å². The molecule has 0 atom stereocenters. The zero-order chi connectivity index (χ0) is 81.5. The number of aromatic nitrogens is 12. The van der Waals surface area contributed by atoms with Crippen LogP contribution in [0.2, 0.25) is 0 Å². The molecule has 0 aliphatic heterocycles. The zero-order valence-electron chi connectivity index (χ0n) is 66.4. The van der Waals surface area contributed by atoms with Gasteiger partial charge in [-0.2, -0.15) is 0 Å². The Balaban J connectivity index is 0.000000112. The molecule has 0 aliphatic rings. The molecule has 12 nitrogen and oxygen atoms in total. The summed E-state index contributed by atoms with van der Waals surface area (Å²) in [5.74, 6) is 0. The number of hydrogen-bond donors (Lipinski definition) is 0. The fourth-order valence-electron chi connectivity index (χ4n) is 16.9. The van der Waals surface area contributed by atoms with E-state index in [1.807, 2.05) is 74.6 Å². The highest BCUT2D eigenvalue weighted by molar-refractivity contribution is 6.16. The van der Waals surface area contributed by atoms with E-state index in [0.717, 1.165) is 135 Å². The van der Waals surface area contributed by atoms with Crippen LogP contribution in [0.5, 0.6) is 0 Å². The Morgan fingerprint density at radius 2 is 0.455 bits per heavy atom. The van der Waals surface area contributed by atoms with Crippen LogP contribution in [0.1, 0.15) is 0 Å². The van der Waals surface area contributed by atoms with Gasteiger partial charge in [0.15, 0.2) is 16.9 Å². The van der Waals surface area contributed by atoms with Gasteiger partial charge in [-0.3, -0.25) is 15.0 Å². The molecule has 24 aromatic rings. The Kier molecular flexibility index (Phi) is 18.6. The van der Waals surface area contributed by atoms with E-state index in [1.165, 1.54) is 81.3 Å². The van der Waals surface area contributed by atoms with E-state index in [1.54, 1.807) is 37.2 Å². The average molecular weight is 1570 g/mol. The van der Waals surface area contributed by atoms with Crippen molar-refractivity contribution in [3.05, 3.63) is 438 Å². The van der Waals surface area contributed by atoms with Gasteiger partial charge in [-0.05, 0) is 159 Å². The van der Waals surface area contributed by atoms with Crippen LogP contribution in [0.4, 0.5) is 0 Å². The monoisotopic (exact) mass is 1570 g/mol. The van der Waals surface area contributed by atoms with Crippen LogP contribution in [0, 0.1) is 0 Å². The maximum Gasteiger partial charge on any atom is 0.155 e. The first-order valence-electron chi connectivity index (χ1n) is 41.0. The summed E-state index contributed by atoms with van der Waals surface area (Å²) in [4.78, 5) is 42.3. The molecule has 0 unspecified atom stereocenters. The van der Waals surface area contributed by atoms with E-state index in [9.17, 15) is 0 Å². The maximum atomic E-state index is 5.41. The fourth-order valence-corrected chi connectivity index (χ4v) is 16.9. The molecular weight excluding hydrogens is 1500 g/mol. The Morgan fingerprint density at radius 3 is 0.894 bits per heavy atom. The molecule has 0 N–H and O–H groups in total. The van der Waals surface area contributed by atoms with Crippen molar-refractivity contribution in [1.82, 2.24) is 58.1 Å². The molecule has 0 spiro atoms. The van der Waals surface area contributed by atoms with Crippen molar-refractivity contribution in [2.75, 3.05) is 0 Å². The van der Waals surface area contributed by atoms with Gasteiger partial charge in [-0.1, -0.05) is 303 Å². The van der Waals surface area contributed by atoms with Crippen molar-refractivity contribution in [3.8, 4) is 135 Å². The van der Waals surface area contributed by atoms with E-state index in [-0.39, 0.29) is 0 Å². The van der Waals surface area contributed by atoms with Gasteiger partial charge in [0.25, 0.3) is 0 Å². The summed E-state index contributed by atoms with van der Waals surface area (Å²) in [6.45, 7) is 0. The van der Waals surface area contributed by atoms with Gasteiger partial charge in [0.2, 0.25) is 0 Å². The molecule has 9 heterocycles. The molecule has 0 saturated carbocycles. The molecular formula is C111H72N12. The highest BCUT2D eigenvalue weighted by atomic mass is 15.0. The largest absolute Gasteiger partial charge is 0.304 e. The number of imidazole rings is 3. The highest BCUT2D eigenvalue weighted by Gasteiger charge is 2.20. The number of pyridine rings is 3. The molecule has 0 aliphatic carbocycles. The first-order valence-corrected chi connectivity index (χ1v) is 41.0. The smallest absolute Gasteiger partial charge is 0.155 e. The standard InChI is InChI=1S/C45H28N4.C37H24N4.C29H20N4/c1-3-11-34-31(9-1)23-40(38-15-7-5-13-36(34)38)33-25-42(29-17-19-30(20-18-29)44-28-49-22-21-46-27-45(49)48-44)47-43(26-33)41-24-32-10-2-4-12-35(32)37-14-6-8-16-39(37)41;1-3-7-29-19-31(15-9-25(29)5-1)33-21-34(39-35(22-33)32-16-10-26-6-2-4-8-30(26)20-32)27-11-13-28(14-12-27)36-24-41-18-17-38-23-37(41)40-36;1-3-7-21(8-4-1)25-17-26(22-9-5-2-6-10-22)31-27(18-25)23-11-13-24(14-12-23)28-20-33-16-15-30-19-29(33)32-28/h1-28H;1-24H;1-20H. The van der Waals surface area contributed by atoms with Gasteiger partial charge in [0.05, 0.1) is 69.8 Å². The molecule has 0 saturated heterocycles. The highest BCUT2D eigenvalue weighted by Crippen LogP contribution is 2.43. The minimum Gasteiger partial charge on any atom is -0.304 e. The Hall–Kier alpha value is -16.8. The second-order valence-corrected chi connectivity index (χ2v) is 30.8. The van der Waals surface area contributed by atoms with E-state index in [0.29, 0.717) is 0 Å². The van der Waals surface area contributed by atoms with E-state index >= 15 is 0 Å². The summed E-state index contributed by atoms with van der Waals surface area (Å²) >= 11 is 0. The van der Waals surface area contributed by atoms with Gasteiger partial charge < -0.3 is 13.2 Å². The average Bonchev–Trinajstić information content (AvgIpc) is 1.74. The third-order valence-electron chi connectivity index (χ3n) is 23.1. The molecule has 9 aromatic heterocycles. The van der Waals surface area contributed by atoms with Crippen LogP contribution in [-0.2, 0) is 0 Å². The third-order valence-corrected chi connectivity index (χ3v) is 23.1. The molecule has 12 heteroatoms. The molecule has 0 amide bonds. The van der Waals surface area contributed by atoms with Crippen LogP contribution in [-0.4, -0.2) is 58.1 Å². The lowest BCUT2D eigenvalue weighted by atomic mass is 9.90. The normalized spacial score (nSPS) is 11.4. The van der Waals surface area contributed by atoms with Gasteiger partial charge in [0.1, 0.15) is 0 Å². The summed E-state index contributed by atoms with van der Waals surface area (Å²) in [7, 11) is 0. The number of rotatable bonds is 12. The molecule has 0 fully saturated rings. The number of benzene rings is 15. The molecule has 576 valence electrons. The molecule has 15 aromatic carbocycles. The lowest BCUT2D eigenvalue weighted by Crippen LogP contribution is -1.94. The predicted molar refractivity (Wildman–Crippen MR) is 503 cm³/mol. The number of nitrogens with zero attached hydrogens (tertiary/aromatic N) is 12. The second kappa shape index (κ2) is 31.6. The lowest BCUT2D eigenvalue weighted by Gasteiger charge is -2.16. The molecule has 0 bridgehead atoms. The number of fused-ring (bicyclic) bond motifs is 11. The Morgan fingerprint density at radius 1 is 0.163 bits per heavy atom. The van der Waals surface area contributed by atoms with E-state index < -0.39 is 0 Å². The molecule has 123 heavy (non-hydrogen) atoms. The van der Waals surface area contributed by atoms with Gasteiger partial charge in [-0.15, -0.1) is 0 Å². The van der Waals surface area contributed by atoms with Crippen molar-refractivity contribution >= 4 is 81.6 Å². The first kappa shape index (κ1) is 72.6. The SMILES string of the molecule is c1ccc(-c2cc(-c3ccccc3)nc(-c3ccc(-c4cn5ccncc5n4)cc3)c2)cc1.c1ccc2c(c1)cc(-c1cc(-c3ccc(-c4cn5ccncc5n4)cc3)nc(-c3cc4ccccc4c4ccccc34)c1)c1ccccc12.c1ccc2cc(-c3cc(-c4ccc(-c5cn6ccncc6n5)cc4)nc(-c4ccc5ccccc5c4)c3)ccc2c1. The first-order chi connectivity index (χ1) is 60.9. The van der Waals surface area contributed by atoms with Crippen molar-refractivity contribution in [2.45, 2.75) is 0 Å². The van der Waals surface area contributed by atoms with Crippen LogP contribution in [0.15, 0.2) is 438 Å². The van der Waals surface area contributed by atoms with Gasteiger partial charge >= 0.3 is 0 Å². The van der Waals surface area contributed by atoms with Crippen molar-refractivity contribution in [2.24, 2.45) is 0 Å². The Labute approximate surface area is 708 Å². The van der Waals surface area contributed by atoms with Crippen LogP contribution >= 0.6 is 0 Å². The predicted octanol–water partition coefficient (Wildman–Crippen LogP) is 27.3. The third kappa shape index (κ3) is 14.5. The van der Waals surface area contributed by atoms with Crippen LogP contribution in [0.25, 0.3) is 216 Å². The topological polar surface area (TPSA) is 129 Å². The van der Waals surface area contributed by atoms with Gasteiger partial charge in [-0.25, -0.2) is 29.9 Å². The zero-order valence-corrected chi connectivity index (χ0v) is 66.4. The summed E-state index contributed by atoms with van der Waals surface area (Å²) in [6.07, 6.45) is 22.5. The second-order valence-electron chi connectivity index (χ2n) is 30.8. The Bertz CT molecular complexity index is 7730. The quantitative estimate of drug-likeness (QED) is 0.110. The minimum absolute atomic E-state index is 0.825. The van der Waals surface area contributed by atoms with Crippen molar-refractivity contribution in [1.29, 1.82) is 0 Å². The lowest BCUT2D eigenvalue weighted by molar-refractivity contribution is 1.13. The van der Waals surface area contributed by atoms with Gasteiger partial charge in [0, 0.05) is 106 Å². The van der Waals surface area contributed by atoms with E-state index in [2.05, 4.69) is 360 Å². The molecule has 0 radical (unpaired) electrons. The fraction of sp³-hybridized carbons (Fsp3) is 0. The summed E-state index contributed by atoms with van der Waals surface area (Å²) in [6, 6.07) is 129. The summed E-state index contributed by atoms with van der Waals surface area (Å²) in [5, 5.41) is 14.7. The maximum absolute atomic E-state index is 5.41. The molecule has 24 rings (SSSR count). The number of hydrogen-bond acceptors (Lipinski definition) is 9. The summed E-state index contributed by atoms with van der Waals surface area (Å²) < 4.78 is 5.96. The van der Waals surface area contributed by atoms with Crippen LogP contribution < -0.4 is 0 Å². The van der Waals surface area contributed by atoms with Crippen molar-refractivity contribution < 1.29 is 0 Å². The van der Waals surface area contributed by atoms with E-state index in [4.69, 9.17) is 24.9 Å². The summed E-state index contributed by atoms with van der Waals surface area (Å²) in [5.41, 5.74) is 27.5. The minimum atomic E-state index is 0.825. The van der Waals surface area contributed by atoms with Crippen LogP contribution in [0.3, 0.4) is 0 Å².